The molecule has 4 heteroatoms. The highest BCUT2D eigenvalue weighted by atomic mass is 79.9. The summed E-state index contributed by atoms with van der Waals surface area (Å²) in [5.41, 5.74) is 7.94. The fourth-order valence-corrected chi connectivity index (χ4v) is 1.99. The number of hydrogen-bond donors (Lipinski definition) is 1. The number of hydrogen-bond acceptors (Lipinski definition) is 2. The van der Waals surface area contributed by atoms with Crippen molar-refractivity contribution in [2.45, 2.75) is 13.5 Å². The predicted octanol–water partition coefficient (Wildman–Crippen LogP) is 2.40. The van der Waals surface area contributed by atoms with Crippen LogP contribution in [0.4, 0.5) is 0 Å². The first-order chi connectivity index (χ1) is 7.22. The summed E-state index contributed by atoms with van der Waals surface area (Å²) in [4.78, 5) is 4.22. The molecule has 15 heavy (non-hydrogen) atoms. The molecule has 0 radical (unpaired) electrons. The molecule has 0 atom stereocenters. The van der Waals surface area contributed by atoms with Crippen molar-refractivity contribution in [3.63, 3.8) is 0 Å². The lowest BCUT2D eigenvalue weighted by molar-refractivity contribution is 0.858. The molecule has 0 aliphatic heterocycles. The van der Waals surface area contributed by atoms with E-state index in [1.54, 1.807) is 6.20 Å². The largest absolute Gasteiger partial charge is 0.324 e. The summed E-state index contributed by atoms with van der Waals surface area (Å²) in [7, 11) is 0. The molecule has 0 aliphatic rings. The molecule has 0 fully saturated rings. The average molecular weight is 266 g/mol. The lowest BCUT2D eigenvalue weighted by Crippen LogP contribution is -2.06. The highest BCUT2D eigenvalue weighted by Gasteiger charge is 2.07. The summed E-state index contributed by atoms with van der Waals surface area (Å²) in [5.74, 6) is 0.853. The van der Waals surface area contributed by atoms with Gasteiger partial charge in [0.15, 0.2) is 0 Å². The molecular weight excluding hydrogens is 254 g/mol. The zero-order chi connectivity index (χ0) is 10.8. The van der Waals surface area contributed by atoms with Gasteiger partial charge in [0.25, 0.3) is 0 Å². The van der Waals surface area contributed by atoms with Crippen LogP contribution in [-0.2, 0) is 6.54 Å². The first kappa shape index (κ1) is 10.4. The number of nitrogens with zero attached hydrogens (tertiary/aromatic N) is 2. The smallest absolute Gasteiger partial charge is 0.127 e. The number of imidazole rings is 1. The minimum absolute atomic E-state index is 0.430. The third-order valence-electron chi connectivity index (χ3n) is 2.27. The minimum atomic E-state index is 0.430. The zero-order valence-electron chi connectivity index (χ0n) is 8.44. The summed E-state index contributed by atoms with van der Waals surface area (Å²) in [5, 5.41) is 0. The highest BCUT2D eigenvalue weighted by Crippen LogP contribution is 2.19. The molecule has 0 saturated heterocycles. The Hall–Kier alpha value is -1.13. The Kier molecular flexibility index (Phi) is 2.88. The van der Waals surface area contributed by atoms with Gasteiger partial charge in [-0.15, -0.1) is 0 Å². The van der Waals surface area contributed by atoms with Gasteiger partial charge >= 0.3 is 0 Å². The van der Waals surface area contributed by atoms with Gasteiger partial charge in [0.1, 0.15) is 10.4 Å². The van der Waals surface area contributed by atoms with Crippen LogP contribution in [0.15, 0.2) is 35.1 Å². The van der Waals surface area contributed by atoms with Crippen molar-refractivity contribution in [2.75, 3.05) is 0 Å². The number of nitrogens with two attached hydrogens (primary N) is 1. The van der Waals surface area contributed by atoms with Gasteiger partial charge in [-0.3, -0.25) is 4.57 Å². The van der Waals surface area contributed by atoms with E-state index in [9.17, 15) is 0 Å². The predicted molar refractivity (Wildman–Crippen MR) is 63.9 cm³/mol. The van der Waals surface area contributed by atoms with E-state index < -0.39 is 0 Å². The molecule has 2 aromatic rings. The van der Waals surface area contributed by atoms with Crippen LogP contribution in [0.2, 0.25) is 0 Å². The van der Waals surface area contributed by atoms with Crippen LogP contribution in [0, 0.1) is 6.92 Å². The first-order valence-corrected chi connectivity index (χ1v) is 5.51. The summed E-state index contributed by atoms with van der Waals surface area (Å²) < 4.78 is 2.92. The second-order valence-corrected chi connectivity index (χ2v) is 4.18. The fraction of sp³-hybridized carbons (Fsp3) is 0.182. The van der Waals surface area contributed by atoms with Crippen LogP contribution in [0.25, 0.3) is 5.69 Å². The van der Waals surface area contributed by atoms with Gasteiger partial charge in [0.2, 0.25) is 0 Å². The van der Waals surface area contributed by atoms with E-state index in [0.717, 1.165) is 16.1 Å². The van der Waals surface area contributed by atoms with E-state index in [1.807, 2.05) is 4.57 Å². The number of aromatic nitrogens is 2. The molecule has 0 unspecified atom stereocenters. The van der Waals surface area contributed by atoms with E-state index >= 15 is 0 Å². The maximum Gasteiger partial charge on any atom is 0.127 e. The minimum Gasteiger partial charge on any atom is -0.324 e. The number of halogens is 1. The maximum atomic E-state index is 5.63. The number of benzene rings is 1. The Morgan fingerprint density at radius 1 is 1.33 bits per heavy atom. The molecule has 1 heterocycles. The summed E-state index contributed by atoms with van der Waals surface area (Å²) in [6.45, 7) is 2.50. The van der Waals surface area contributed by atoms with Gasteiger partial charge < -0.3 is 5.73 Å². The standard InChI is InChI=1S/C11H12BrN3/c1-8-2-4-9(5-3-8)15-10(12)7-14-11(15)6-13/h2-5,7H,6,13H2,1H3. The van der Waals surface area contributed by atoms with E-state index in [-0.39, 0.29) is 0 Å². The molecule has 0 aliphatic carbocycles. The second kappa shape index (κ2) is 4.16. The van der Waals surface area contributed by atoms with Crippen LogP contribution < -0.4 is 5.73 Å². The normalized spacial score (nSPS) is 10.6. The lowest BCUT2D eigenvalue weighted by atomic mass is 10.2. The van der Waals surface area contributed by atoms with Gasteiger partial charge in [-0.2, -0.15) is 0 Å². The van der Waals surface area contributed by atoms with Crippen molar-refractivity contribution >= 4 is 15.9 Å². The highest BCUT2D eigenvalue weighted by molar-refractivity contribution is 9.10. The number of rotatable bonds is 2. The lowest BCUT2D eigenvalue weighted by Gasteiger charge is -2.08. The van der Waals surface area contributed by atoms with Crippen molar-refractivity contribution in [1.29, 1.82) is 0 Å². The van der Waals surface area contributed by atoms with Crippen molar-refractivity contribution in [1.82, 2.24) is 9.55 Å². The first-order valence-electron chi connectivity index (χ1n) is 4.71. The van der Waals surface area contributed by atoms with E-state index in [0.29, 0.717) is 6.54 Å². The van der Waals surface area contributed by atoms with Gasteiger partial charge in [0.05, 0.1) is 12.7 Å². The molecule has 0 saturated carbocycles. The van der Waals surface area contributed by atoms with E-state index in [1.165, 1.54) is 5.56 Å². The molecule has 3 nitrogen and oxygen atoms in total. The Morgan fingerprint density at radius 2 is 2.00 bits per heavy atom. The van der Waals surface area contributed by atoms with Gasteiger partial charge in [-0.25, -0.2) is 4.98 Å². The van der Waals surface area contributed by atoms with E-state index in [2.05, 4.69) is 52.1 Å². The average Bonchev–Trinajstić information content (AvgIpc) is 2.61. The molecule has 78 valence electrons. The third-order valence-corrected chi connectivity index (χ3v) is 2.83. The van der Waals surface area contributed by atoms with Crippen molar-refractivity contribution in [3.8, 4) is 5.69 Å². The maximum absolute atomic E-state index is 5.63. The quantitative estimate of drug-likeness (QED) is 0.907. The molecule has 1 aromatic carbocycles. The second-order valence-electron chi connectivity index (χ2n) is 3.37. The van der Waals surface area contributed by atoms with Gasteiger partial charge in [-0.1, -0.05) is 17.7 Å². The molecule has 1 aromatic heterocycles. The molecule has 2 rings (SSSR count). The summed E-state index contributed by atoms with van der Waals surface area (Å²) in [6.07, 6.45) is 1.77. The third kappa shape index (κ3) is 1.96. The Morgan fingerprint density at radius 3 is 2.60 bits per heavy atom. The van der Waals surface area contributed by atoms with Crippen LogP contribution in [0.1, 0.15) is 11.4 Å². The Labute approximate surface area is 97.1 Å². The van der Waals surface area contributed by atoms with Crippen molar-refractivity contribution < 1.29 is 0 Å². The van der Waals surface area contributed by atoms with Gasteiger partial charge in [0, 0.05) is 5.69 Å². The van der Waals surface area contributed by atoms with Crippen LogP contribution >= 0.6 is 15.9 Å². The Balaban J connectivity index is 2.52. The van der Waals surface area contributed by atoms with E-state index in [4.69, 9.17) is 5.73 Å². The number of aryl methyl sites for hydroxylation is 1. The zero-order valence-corrected chi connectivity index (χ0v) is 10.0. The summed E-state index contributed by atoms with van der Waals surface area (Å²) in [6, 6.07) is 8.26. The topological polar surface area (TPSA) is 43.8 Å². The monoisotopic (exact) mass is 265 g/mol. The molecule has 2 N–H and O–H groups in total. The SMILES string of the molecule is Cc1ccc(-n2c(Br)cnc2CN)cc1. The van der Waals surface area contributed by atoms with Crippen molar-refractivity contribution in [2.24, 2.45) is 5.73 Å². The fourth-order valence-electron chi connectivity index (χ4n) is 1.48. The molecule has 0 bridgehead atoms. The van der Waals surface area contributed by atoms with Crippen molar-refractivity contribution in [3.05, 3.63) is 46.5 Å². The van der Waals surface area contributed by atoms with Crippen LogP contribution in [-0.4, -0.2) is 9.55 Å². The van der Waals surface area contributed by atoms with Gasteiger partial charge in [-0.05, 0) is 35.0 Å². The Bertz CT molecular complexity index is 459. The van der Waals surface area contributed by atoms with Crippen LogP contribution in [0.5, 0.6) is 0 Å². The summed E-state index contributed by atoms with van der Waals surface area (Å²) >= 11 is 3.46. The van der Waals surface area contributed by atoms with Crippen LogP contribution in [0.3, 0.4) is 0 Å². The molecule has 0 amide bonds. The molecule has 0 spiro atoms. The molecular formula is C11H12BrN3.